The van der Waals surface area contributed by atoms with Crippen LogP contribution < -0.4 is 10.6 Å². The fourth-order valence-corrected chi connectivity index (χ4v) is 1.60. The van der Waals surface area contributed by atoms with Crippen molar-refractivity contribution in [3.05, 3.63) is 0 Å². The highest BCUT2D eigenvalue weighted by Crippen LogP contribution is 2.01. The van der Waals surface area contributed by atoms with Crippen LogP contribution in [0.15, 0.2) is 0 Å². The van der Waals surface area contributed by atoms with E-state index in [1.807, 2.05) is 18.7 Å². The van der Waals surface area contributed by atoms with Gasteiger partial charge in [0.2, 0.25) is 5.91 Å². The summed E-state index contributed by atoms with van der Waals surface area (Å²) in [5.74, 6) is -1.25. The fourth-order valence-electron chi connectivity index (χ4n) is 1.60. The zero-order valence-corrected chi connectivity index (χ0v) is 12.6. The molecule has 116 valence electrons. The summed E-state index contributed by atoms with van der Waals surface area (Å²) in [6.07, 6.45) is 0.539. The molecule has 0 unspecified atom stereocenters. The number of imide groups is 1. The summed E-state index contributed by atoms with van der Waals surface area (Å²) in [7, 11) is 0. The van der Waals surface area contributed by atoms with E-state index in [9.17, 15) is 14.4 Å². The monoisotopic (exact) mass is 287 g/mol. The Bertz CT molecular complexity index is 343. The first-order valence-corrected chi connectivity index (χ1v) is 6.78. The van der Waals surface area contributed by atoms with E-state index in [2.05, 4.69) is 10.6 Å². The number of carboxylic acid groups (broad SMARTS) is 1. The third kappa shape index (κ3) is 9.32. The molecular weight excluding hydrogens is 262 g/mol. The molecule has 0 aliphatic heterocycles. The molecule has 0 saturated carbocycles. The molecule has 0 aromatic heterocycles. The summed E-state index contributed by atoms with van der Waals surface area (Å²) in [6.45, 7) is 8.02. The summed E-state index contributed by atoms with van der Waals surface area (Å²) in [4.78, 5) is 35.4. The van der Waals surface area contributed by atoms with E-state index in [-0.39, 0.29) is 25.0 Å². The second kappa shape index (κ2) is 9.30. The van der Waals surface area contributed by atoms with Crippen LogP contribution in [0, 0.1) is 0 Å². The molecule has 0 rings (SSSR count). The van der Waals surface area contributed by atoms with Gasteiger partial charge in [-0.1, -0.05) is 0 Å². The molecular formula is C13H25N3O4. The summed E-state index contributed by atoms with van der Waals surface area (Å²) in [6, 6.07) is -0.457. The first kappa shape index (κ1) is 18.4. The Morgan fingerprint density at radius 3 is 2.20 bits per heavy atom. The Morgan fingerprint density at radius 2 is 1.75 bits per heavy atom. The topological polar surface area (TPSA) is 98.7 Å². The van der Waals surface area contributed by atoms with Gasteiger partial charge < -0.3 is 10.4 Å². The zero-order valence-electron chi connectivity index (χ0n) is 12.6. The molecule has 0 aliphatic rings. The van der Waals surface area contributed by atoms with Crippen molar-refractivity contribution in [1.29, 1.82) is 0 Å². The van der Waals surface area contributed by atoms with Crippen LogP contribution in [0.3, 0.4) is 0 Å². The van der Waals surface area contributed by atoms with Crippen LogP contribution in [0.5, 0.6) is 0 Å². The van der Waals surface area contributed by atoms with Crippen LogP contribution in [0.2, 0.25) is 0 Å². The van der Waals surface area contributed by atoms with Gasteiger partial charge in [-0.05, 0) is 40.7 Å². The minimum Gasteiger partial charge on any atom is -0.481 e. The van der Waals surface area contributed by atoms with Gasteiger partial charge in [0, 0.05) is 18.5 Å². The van der Waals surface area contributed by atoms with Crippen molar-refractivity contribution >= 4 is 17.9 Å². The van der Waals surface area contributed by atoms with E-state index in [1.54, 1.807) is 13.8 Å². The lowest BCUT2D eigenvalue weighted by molar-refractivity contribution is -0.137. The number of nitrogens with one attached hydrogen (secondary N) is 2. The molecule has 7 heteroatoms. The lowest BCUT2D eigenvalue weighted by Crippen LogP contribution is -2.47. The maximum absolute atomic E-state index is 11.7. The van der Waals surface area contributed by atoms with Crippen LogP contribution in [-0.4, -0.2) is 53.1 Å². The number of nitrogens with zero attached hydrogens (tertiary/aromatic N) is 1. The maximum Gasteiger partial charge on any atom is 0.321 e. The van der Waals surface area contributed by atoms with Crippen LogP contribution in [0.25, 0.3) is 0 Å². The summed E-state index contributed by atoms with van der Waals surface area (Å²) < 4.78 is 0. The number of hydrogen-bond acceptors (Lipinski definition) is 4. The molecule has 0 aromatic carbocycles. The van der Waals surface area contributed by atoms with Crippen LogP contribution >= 0.6 is 0 Å². The highest BCUT2D eigenvalue weighted by atomic mass is 16.4. The minimum atomic E-state index is -0.852. The van der Waals surface area contributed by atoms with E-state index in [0.29, 0.717) is 13.0 Å². The second-order valence-electron chi connectivity index (χ2n) is 5.24. The predicted octanol–water partition coefficient (Wildman–Crippen LogP) is 0.796. The molecule has 0 aromatic rings. The van der Waals surface area contributed by atoms with Gasteiger partial charge in [0.1, 0.15) is 0 Å². The Morgan fingerprint density at radius 1 is 1.15 bits per heavy atom. The van der Waals surface area contributed by atoms with Crippen molar-refractivity contribution in [3.63, 3.8) is 0 Å². The van der Waals surface area contributed by atoms with Crippen molar-refractivity contribution in [2.24, 2.45) is 0 Å². The predicted molar refractivity (Wildman–Crippen MR) is 75.4 cm³/mol. The number of urea groups is 1. The highest BCUT2D eigenvalue weighted by molar-refractivity contribution is 5.95. The average molecular weight is 287 g/mol. The third-order valence-electron chi connectivity index (χ3n) is 2.59. The normalized spacial score (nSPS) is 10.9. The molecule has 0 spiro atoms. The Hall–Kier alpha value is -1.63. The third-order valence-corrected chi connectivity index (χ3v) is 2.59. The quantitative estimate of drug-likeness (QED) is 0.613. The molecule has 0 aliphatic carbocycles. The molecule has 20 heavy (non-hydrogen) atoms. The Kier molecular flexibility index (Phi) is 8.54. The second-order valence-corrected chi connectivity index (χ2v) is 5.24. The number of rotatable bonds is 8. The first-order chi connectivity index (χ1) is 9.22. The van der Waals surface area contributed by atoms with Gasteiger partial charge in [0.25, 0.3) is 0 Å². The molecule has 0 heterocycles. The summed E-state index contributed by atoms with van der Waals surface area (Å²) >= 11 is 0. The highest BCUT2D eigenvalue weighted by Gasteiger charge is 2.16. The molecule has 0 fully saturated rings. The lowest BCUT2D eigenvalue weighted by Gasteiger charge is -2.25. The Balaban J connectivity index is 4.20. The van der Waals surface area contributed by atoms with Crippen LogP contribution in [0.4, 0.5) is 4.79 Å². The van der Waals surface area contributed by atoms with E-state index >= 15 is 0 Å². The van der Waals surface area contributed by atoms with Crippen LogP contribution in [0.1, 0.15) is 40.5 Å². The first-order valence-electron chi connectivity index (χ1n) is 6.78. The molecule has 0 atom stereocenters. The van der Waals surface area contributed by atoms with Gasteiger partial charge >= 0.3 is 12.0 Å². The van der Waals surface area contributed by atoms with Gasteiger partial charge in [-0.2, -0.15) is 0 Å². The number of hydrogen-bond donors (Lipinski definition) is 3. The van der Waals surface area contributed by atoms with E-state index < -0.39 is 17.9 Å². The molecule has 7 nitrogen and oxygen atoms in total. The summed E-state index contributed by atoms with van der Waals surface area (Å²) in [5, 5.41) is 13.4. The van der Waals surface area contributed by atoms with Gasteiger partial charge in [-0.3, -0.25) is 19.8 Å². The van der Waals surface area contributed by atoms with E-state index in [4.69, 9.17) is 5.11 Å². The summed E-state index contributed by atoms with van der Waals surface area (Å²) in [5.41, 5.74) is 0. The fraction of sp³-hybridized carbons (Fsp3) is 0.769. The van der Waals surface area contributed by atoms with Gasteiger partial charge in [-0.25, -0.2) is 4.79 Å². The number of aliphatic carboxylic acids is 1. The lowest BCUT2D eigenvalue weighted by atomic mass is 10.2. The van der Waals surface area contributed by atoms with Crippen molar-refractivity contribution in [3.8, 4) is 0 Å². The largest absolute Gasteiger partial charge is 0.481 e. The molecule has 0 saturated heterocycles. The van der Waals surface area contributed by atoms with Crippen molar-refractivity contribution in [2.75, 3.05) is 13.1 Å². The van der Waals surface area contributed by atoms with Gasteiger partial charge in [0.15, 0.2) is 0 Å². The SMILES string of the molecule is CC(C)NC(=O)NC(=O)CN(CCCC(=O)O)C(C)C. The van der Waals surface area contributed by atoms with Crippen molar-refractivity contribution in [1.82, 2.24) is 15.5 Å². The Labute approximate surface area is 119 Å². The van der Waals surface area contributed by atoms with Crippen molar-refractivity contribution in [2.45, 2.75) is 52.6 Å². The number of carboxylic acids is 1. The molecule has 0 bridgehead atoms. The van der Waals surface area contributed by atoms with Crippen molar-refractivity contribution < 1.29 is 19.5 Å². The minimum absolute atomic E-state index is 0.0421. The average Bonchev–Trinajstić information content (AvgIpc) is 2.25. The standard InChI is InChI=1S/C13H25N3O4/c1-9(2)14-13(20)15-11(17)8-16(10(3)4)7-5-6-12(18)19/h9-10H,5-8H2,1-4H3,(H,18,19)(H2,14,15,17,20). The van der Waals surface area contributed by atoms with Gasteiger partial charge in [-0.15, -0.1) is 0 Å². The van der Waals surface area contributed by atoms with Crippen LogP contribution in [-0.2, 0) is 9.59 Å². The maximum atomic E-state index is 11.7. The van der Waals surface area contributed by atoms with E-state index in [1.165, 1.54) is 0 Å². The molecule has 3 N–H and O–H groups in total. The molecule has 3 amide bonds. The molecule has 0 radical (unpaired) electrons. The smallest absolute Gasteiger partial charge is 0.321 e. The number of carbonyl (C=O) groups excluding carboxylic acids is 2. The van der Waals surface area contributed by atoms with Gasteiger partial charge in [0.05, 0.1) is 6.54 Å². The van der Waals surface area contributed by atoms with E-state index in [0.717, 1.165) is 0 Å². The number of amides is 3. The zero-order chi connectivity index (χ0) is 15.7. The number of carbonyl (C=O) groups is 3.